The molecule has 2 heterocycles. The van der Waals surface area contributed by atoms with Gasteiger partial charge in [0.25, 0.3) is 5.56 Å². The van der Waals surface area contributed by atoms with Crippen LogP contribution in [0.15, 0.2) is 58.5 Å². The van der Waals surface area contributed by atoms with E-state index in [1.165, 1.54) is 18.1 Å². The third-order valence-electron chi connectivity index (χ3n) is 5.45. The number of carbonyl (C=O) groups is 1. The Morgan fingerprint density at radius 3 is 2.44 bits per heavy atom. The molecule has 0 unspecified atom stereocenters. The van der Waals surface area contributed by atoms with Crippen LogP contribution in [0.5, 0.6) is 0 Å². The molecule has 0 aliphatic rings. The molecular formula is C24H25N7O2S. The van der Waals surface area contributed by atoms with Crippen LogP contribution in [0.25, 0.3) is 16.9 Å². The molecule has 0 saturated carbocycles. The number of nitrogens with one attached hydrogen (secondary N) is 1. The van der Waals surface area contributed by atoms with Gasteiger partial charge in [-0.05, 0) is 62.6 Å². The molecule has 0 bridgehead atoms. The Balaban J connectivity index is 1.63. The second-order valence-electron chi connectivity index (χ2n) is 7.99. The SMILES string of the molecule is Cc1cc(C)c(-c2cc(NC(=O)CSc3nnc(C)c(=O)n3N)n(-c3ccccc3)n2)cc1C. The van der Waals surface area contributed by atoms with Crippen LogP contribution in [-0.4, -0.2) is 36.3 Å². The van der Waals surface area contributed by atoms with Crippen molar-refractivity contribution in [1.82, 2.24) is 24.7 Å². The Morgan fingerprint density at radius 2 is 1.71 bits per heavy atom. The van der Waals surface area contributed by atoms with Crippen molar-refractivity contribution in [3.63, 3.8) is 0 Å². The molecular weight excluding hydrogens is 450 g/mol. The molecule has 4 rings (SSSR count). The lowest BCUT2D eigenvalue weighted by atomic mass is 9.99. The Hall–Kier alpha value is -3.92. The number of anilines is 1. The number of nitrogen functional groups attached to an aromatic ring is 1. The first-order valence-corrected chi connectivity index (χ1v) is 11.6. The van der Waals surface area contributed by atoms with E-state index in [1.807, 2.05) is 43.3 Å². The van der Waals surface area contributed by atoms with Crippen molar-refractivity contribution in [2.75, 3.05) is 16.9 Å². The lowest BCUT2D eigenvalue weighted by Gasteiger charge is -2.09. The summed E-state index contributed by atoms with van der Waals surface area (Å²) >= 11 is 1.03. The van der Waals surface area contributed by atoms with Crippen LogP contribution >= 0.6 is 11.8 Å². The summed E-state index contributed by atoms with van der Waals surface area (Å²) in [5.74, 6) is 5.99. The van der Waals surface area contributed by atoms with Crippen molar-refractivity contribution in [3.05, 3.63) is 81.3 Å². The molecule has 0 aliphatic heterocycles. The number of nitrogens with two attached hydrogens (primary N) is 1. The quantitative estimate of drug-likeness (QED) is 0.325. The number of benzene rings is 2. The summed E-state index contributed by atoms with van der Waals surface area (Å²) in [6.45, 7) is 7.72. The average molecular weight is 476 g/mol. The molecule has 10 heteroatoms. The fourth-order valence-corrected chi connectivity index (χ4v) is 4.13. The number of thioether (sulfide) groups is 1. The van der Waals surface area contributed by atoms with Crippen molar-refractivity contribution >= 4 is 23.5 Å². The Bertz CT molecular complexity index is 1430. The van der Waals surface area contributed by atoms with E-state index < -0.39 is 5.56 Å². The zero-order chi connectivity index (χ0) is 24.4. The molecule has 0 atom stereocenters. The molecule has 2 aromatic heterocycles. The van der Waals surface area contributed by atoms with Crippen LogP contribution in [0, 0.1) is 27.7 Å². The normalized spacial score (nSPS) is 10.9. The zero-order valence-electron chi connectivity index (χ0n) is 19.4. The number of para-hydroxylation sites is 1. The second kappa shape index (κ2) is 9.52. The molecule has 9 nitrogen and oxygen atoms in total. The number of aromatic nitrogens is 5. The fraction of sp³-hybridized carbons (Fsp3) is 0.208. The molecule has 34 heavy (non-hydrogen) atoms. The molecule has 0 fully saturated rings. The number of hydrogen-bond acceptors (Lipinski definition) is 7. The van der Waals surface area contributed by atoms with E-state index in [9.17, 15) is 9.59 Å². The van der Waals surface area contributed by atoms with Gasteiger partial charge < -0.3 is 11.2 Å². The monoisotopic (exact) mass is 475 g/mol. The molecule has 4 aromatic rings. The zero-order valence-corrected chi connectivity index (χ0v) is 20.2. The van der Waals surface area contributed by atoms with Crippen LogP contribution in [0.4, 0.5) is 5.82 Å². The summed E-state index contributed by atoms with van der Waals surface area (Å²) in [4.78, 5) is 24.7. The summed E-state index contributed by atoms with van der Waals surface area (Å²) in [6.07, 6.45) is 0. The minimum Gasteiger partial charge on any atom is -0.334 e. The van der Waals surface area contributed by atoms with E-state index in [4.69, 9.17) is 10.9 Å². The highest BCUT2D eigenvalue weighted by molar-refractivity contribution is 7.99. The first kappa shape index (κ1) is 23.2. The number of carbonyl (C=O) groups excluding carboxylic acids is 1. The highest BCUT2D eigenvalue weighted by atomic mass is 32.2. The van der Waals surface area contributed by atoms with Gasteiger partial charge in [-0.1, -0.05) is 36.0 Å². The number of amides is 1. The Morgan fingerprint density at radius 1 is 1.00 bits per heavy atom. The van der Waals surface area contributed by atoms with Gasteiger partial charge in [0.05, 0.1) is 17.1 Å². The van der Waals surface area contributed by atoms with Gasteiger partial charge >= 0.3 is 0 Å². The predicted octanol–water partition coefficient (Wildman–Crippen LogP) is 3.17. The van der Waals surface area contributed by atoms with E-state index >= 15 is 0 Å². The molecule has 2 aromatic carbocycles. The largest absolute Gasteiger partial charge is 0.334 e. The van der Waals surface area contributed by atoms with Gasteiger partial charge in [0.15, 0.2) is 0 Å². The van der Waals surface area contributed by atoms with Crippen molar-refractivity contribution in [2.24, 2.45) is 0 Å². The summed E-state index contributed by atoms with van der Waals surface area (Å²) in [5, 5.41) is 15.6. The van der Waals surface area contributed by atoms with Gasteiger partial charge in [0, 0.05) is 11.6 Å². The van der Waals surface area contributed by atoms with Crippen molar-refractivity contribution in [3.8, 4) is 16.9 Å². The number of nitrogens with zero attached hydrogens (tertiary/aromatic N) is 5. The molecule has 0 aliphatic carbocycles. The van der Waals surface area contributed by atoms with Gasteiger partial charge in [-0.3, -0.25) is 9.59 Å². The van der Waals surface area contributed by atoms with Gasteiger partial charge in [-0.2, -0.15) is 9.77 Å². The van der Waals surface area contributed by atoms with E-state index in [1.54, 1.807) is 4.68 Å². The number of hydrogen-bond donors (Lipinski definition) is 2. The molecule has 3 N–H and O–H groups in total. The lowest BCUT2D eigenvalue weighted by molar-refractivity contribution is -0.113. The molecule has 174 valence electrons. The van der Waals surface area contributed by atoms with Gasteiger partial charge in [-0.15, -0.1) is 10.2 Å². The fourth-order valence-electron chi connectivity index (χ4n) is 3.48. The van der Waals surface area contributed by atoms with E-state index in [0.717, 1.165) is 38.9 Å². The standard InChI is InChI=1S/C24H25N7O2S/c1-14-10-16(3)19(11-15(14)2)20-12-21(31(29-20)18-8-6-5-7-9-18)26-22(32)13-34-24-28-27-17(4)23(33)30(24)25/h5-12H,13,25H2,1-4H3,(H,26,32). The van der Waals surface area contributed by atoms with Crippen LogP contribution in [0.3, 0.4) is 0 Å². The molecule has 0 saturated heterocycles. The van der Waals surface area contributed by atoms with E-state index in [0.29, 0.717) is 5.82 Å². The Kier molecular flexibility index (Phi) is 6.51. The summed E-state index contributed by atoms with van der Waals surface area (Å²) in [5.41, 5.74) is 5.81. The van der Waals surface area contributed by atoms with Crippen molar-refractivity contribution in [2.45, 2.75) is 32.9 Å². The number of rotatable bonds is 6. The molecule has 0 spiro atoms. The van der Waals surface area contributed by atoms with Crippen molar-refractivity contribution in [1.29, 1.82) is 0 Å². The lowest BCUT2D eigenvalue weighted by Crippen LogP contribution is -2.32. The van der Waals surface area contributed by atoms with Crippen molar-refractivity contribution < 1.29 is 4.79 Å². The third-order valence-corrected chi connectivity index (χ3v) is 6.39. The van der Waals surface area contributed by atoms with E-state index in [2.05, 4.69) is 41.5 Å². The van der Waals surface area contributed by atoms with Gasteiger partial charge in [-0.25, -0.2) is 4.68 Å². The van der Waals surface area contributed by atoms with Crippen LogP contribution < -0.4 is 16.7 Å². The maximum absolute atomic E-state index is 12.8. The van der Waals surface area contributed by atoms with Crippen LogP contribution in [0.2, 0.25) is 0 Å². The highest BCUT2D eigenvalue weighted by Gasteiger charge is 2.17. The third kappa shape index (κ3) is 4.72. The van der Waals surface area contributed by atoms with Crippen LogP contribution in [-0.2, 0) is 4.79 Å². The average Bonchev–Trinajstić information content (AvgIpc) is 3.23. The second-order valence-corrected chi connectivity index (χ2v) is 8.94. The molecule has 0 radical (unpaired) electrons. The summed E-state index contributed by atoms with van der Waals surface area (Å²) in [6, 6.07) is 15.7. The van der Waals surface area contributed by atoms with Crippen LogP contribution in [0.1, 0.15) is 22.4 Å². The predicted molar refractivity (Wildman–Crippen MR) is 134 cm³/mol. The first-order valence-electron chi connectivity index (χ1n) is 10.6. The first-order chi connectivity index (χ1) is 16.2. The minimum atomic E-state index is -0.450. The maximum atomic E-state index is 12.8. The van der Waals surface area contributed by atoms with E-state index in [-0.39, 0.29) is 22.5 Å². The summed E-state index contributed by atoms with van der Waals surface area (Å²) < 4.78 is 2.60. The topological polar surface area (TPSA) is 121 Å². The minimum absolute atomic E-state index is 0.00759. The number of aryl methyl sites for hydroxylation is 4. The Labute approximate surface area is 201 Å². The summed E-state index contributed by atoms with van der Waals surface area (Å²) in [7, 11) is 0. The van der Waals surface area contributed by atoms with Gasteiger partial charge in [0.2, 0.25) is 11.1 Å². The highest BCUT2D eigenvalue weighted by Crippen LogP contribution is 2.29. The smallest absolute Gasteiger partial charge is 0.294 e. The maximum Gasteiger partial charge on any atom is 0.294 e. The molecule has 1 amide bonds. The van der Waals surface area contributed by atoms with Gasteiger partial charge in [0.1, 0.15) is 11.5 Å².